The Hall–Kier alpha value is -4.11. The van der Waals surface area contributed by atoms with E-state index in [2.05, 4.69) is 21.6 Å². The van der Waals surface area contributed by atoms with Crippen molar-refractivity contribution in [2.45, 2.75) is 102 Å². The molecule has 3 N–H and O–H groups in total. The predicted molar refractivity (Wildman–Crippen MR) is 190 cm³/mol. The van der Waals surface area contributed by atoms with Gasteiger partial charge in [0.05, 0.1) is 25.1 Å². The van der Waals surface area contributed by atoms with Crippen molar-refractivity contribution in [1.82, 2.24) is 24.8 Å². The topological polar surface area (TPSA) is 185 Å². The van der Waals surface area contributed by atoms with Gasteiger partial charge in [-0.25, -0.2) is 18.2 Å². The van der Waals surface area contributed by atoms with Crippen molar-refractivity contribution >= 4 is 56.2 Å². The Morgan fingerprint density at radius 3 is 2.35 bits per heavy atom. The molecule has 1 saturated heterocycles. The van der Waals surface area contributed by atoms with Crippen LogP contribution in [0.3, 0.4) is 0 Å². The fourth-order valence-electron chi connectivity index (χ4n) is 6.78. The molecule has 2 aromatic rings. The Kier molecular flexibility index (Phi) is 10.1. The first kappa shape index (κ1) is 38.1. The number of hydrogen-bond donors (Lipinski definition) is 3. The summed E-state index contributed by atoms with van der Waals surface area (Å²) in [5, 5.41) is 14.1. The maximum atomic E-state index is 14.7. The van der Waals surface area contributed by atoms with Crippen LogP contribution in [0.5, 0.6) is 11.6 Å². The molecule has 1 unspecified atom stereocenters. The van der Waals surface area contributed by atoms with Crippen LogP contribution < -0.4 is 19.5 Å². The van der Waals surface area contributed by atoms with Gasteiger partial charge in [0.15, 0.2) is 0 Å². The first-order valence-corrected chi connectivity index (χ1v) is 18.7. The van der Waals surface area contributed by atoms with E-state index >= 15 is 0 Å². The molecule has 5 atom stereocenters. The molecule has 2 saturated carbocycles. The van der Waals surface area contributed by atoms with E-state index in [-0.39, 0.29) is 25.3 Å². The Labute approximate surface area is 302 Å². The molecule has 278 valence electrons. The number of nitrogens with zero attached hydrogens (tertiary/aromatic N) is 3. The number of carbonyl (C=O) groups is 4. The van der Waals surface area contributed by atoms with E-state index in [1.165, 1.54) is 24.3 Å². The lowest BCUT2D eigenvalue weighted by atomic mass is 9.82. The van der Waals surface area contributed by atoms with Crippen molar-refractivity contribution in [3.8, 4) is 11.6 Å². The Balaban J connectivity index is 1.52. The predicted octanol–water partition coefficient (Wildman–Crippen LogP) is 4.11. The number of nitrogens with one attached hydrogen (secondary N) is 2. The molecule has 0 bridgehead atoms. The van der Waals surface area contributed by atoms with Crippen LogP contribution >= 0.6 is 11.6 Å². The number of aromatic nitrogens is 1. The monoisotopic (exact) mass is 747 g/mol. The van der Waals surface area contributed by atoms with Crippen LogP contribution in [0.25, 0.3) is 10.8 Å². The molecule has 14 nitrogen and oxygen atoms in total. The fraction of sp³-hybridized carbons (Fsp3) is 0.571. The zero-order valence-electron chi connectivity index (χ0n) is 29.9. The molecule has 2 heterocycles. The van der Waals surface area contributed by atoms with Crippen molar-refractivity contribution in [3.63, 3.8) is 0 Å². The number of pyridine rings is 1. The zero-order chi connectivity index (χ0) is 37.8. The third-order valence-corrected chi connectivity index (χ3v) is 11.7. The highest BCUT2D eigenvalue weighted by molar-refractivity contribution is 7.91. The number of benzene rings is 1. The van der Waals surface area contributed by atoms with Crippen molar-refractivity contribution in [2.75, 3.05) is 13.7 Å². The molecule has 3 aliphatic rings. The molecular weight excluding hydrogens is 702 g/mol. The second-order valence-corrected chi connectivity index (χ2v) is 18.0. The number of amides is 4. The summed E-state index contributed by atoms with van der Waals surface area (Å²) in [4.78, 5) is 62.0. The van der Waals surface area contributed by atoms with E-state index < -0.39 is 79.7 Å². The van der Waals surface area contributed by atoms with Crippen molar-refractivity contribution < 1.29 is 42.2 Å². The van der Waals surface area contributed by atoms with Crippen LogP contribution in [0.15, 0.2) is 37.1 Å². The van der Waals surface area contributed by atoms with Gasteiger partial charge >= 0.3 is 6.09 Å². The maximum absolute atomic E-state index is 14.7. The number of sulfonamides is 1. The smallest absolute Gasteiger partial charge is 0.408 e. The summed E-state index contributed by atoms with van der Waals surface area (Å²) in [5.41, 5.74) is -3.52. The second-order valence-electron chi connectivity index (χ2n) is 15.6. The summed E-state index contributed by atoms with van der Waals surface area (Å²) < 4.78 is 39.3. The normalized spacial score (nSPS) is 24.0. The number of carboxylic acid groups (broad SMARTS) is 1. The van der Waals surface area contributed by atoms with Crippen LogP contribution in [-0.4, -0.2) is 100 Å². The lowest BCUT2D eigenvalue weighted by Crippen LogP contribution is -2.64. The van der Waals surface area contributed by atoms with Crippen LogP contribution in [0.4, 0.5) is 4.79 Å². The third-order valence-electron chi connectivity index (χ3n) is 9.61. The summed E-state index contributed by atoms with van der Waals surface area (Å²) in [7, 11) is -2.42. The van der Waals surface area contributed by atoms with Gasteiger partial charge in [0.1, 0.15) is 29.5 Å². The van der Waals surface area contributed by atoms with E-state index in [9.17, 15) is 32.7 Å². The van der Waals surface area contributed by atoms with E-state index in [1.807, 2.05) is 0 Å². The largest absolute Gasteiger partial charge is 0.494 e. The minimum absolute atomic E-state index is 0.0520. The average Bonchev–Trinajstić information content (AvgIpc) is 3.95. The molecule has 51 heavy (non-hydrogen) atoms. The fourth-order valence-corrected chi connectivity index (χ4v) is 8.32. The minimum atomic E-state index is -3.93. The van der Waals surface area contributed by atoms with Gasteiger partial charge in [0.2, 0.25) is 27.7 Å². The van der Waals surface area contributed by atoms with Gasteiger partial charge in [-0.15, -0.1) is 6.58 Å². The molecule has 0 radical (unpaired) electrons. The van der Waals surface area contributed by atoms with Crippen LogP contribution in [0.1, 0.15) is 67.2 Å². The lowest BCUT2D eigenvalue weighted by molar-refractivity contribution is -0.148. The highest BCUT2D eigenvalue weighted by Gasteiger charge is 2.62. The summed E-state index contributed by atoms with van der Waals surface area (Å²) >= 11 is 6.32. The first-order chi connectivity index (χ1) is 23.6. The van der Waals surface area contributed by atoms with Gasteiger partial charge < -0.3 is 24.8 Å². The number of carbonyl (C=O) groups excluding carboxylic acids is 3. The average molecular weight is 748 g/mol. The number of hydrogen-bond acceptors (Lipinski definition) is 9. The molecule has 4 amide bonds. The summed E-state index contributed by atoms with van der Waals surface area (Å²) in [5.74, 6) is -2.13. The molecule has 16 heteroatoms. The van der Waals surface area contributed by atoms with E-state index in [4.69, 9.17) is 21.1 Å². The lowest BCUT2D eigenvalue weighted by Gasteiger charge is -2.46. The number of rotatable bonds is 11. The molecule has 5 rings (SSSR count). The molecule has 2 aliphatic carbocycles. The highest BCUT2D eigenvalue weighted by atomic mass is 35.5. The summed E-state index contributed by atoms with van der Waals surface area (Å²) in [6.45, 7) is 13.9. The molecule has 0 spiro atoms. The molecule has 1 aromatic heterocycles. The zero-order valence-corrected chi connectivity index (χ0v) is 31.4. The van der Waals surface area contributed by atoms with Crippen molar-refractivity contribution in [1.29, 1.82) is 0 Å². The molecular formula is C35H46ClN5O9S. The summed E-state index contributed by atoms with van der Waals surface area (Å²) in [6, 6.07) is 2.65. The number of methoxy groups -OCH3 is 1. The van der Waals surface area contributed by atoms with E-state index in [1.54, 1.807) is 59.7 Å². The van der Waals surface area contributed by atoms with E-state index in [0.29, 0.717) is 34.4 Å². The highest BCUT2D eigenvalue weighted by Crippen LogP contribution is 2.46. The SMILES string of the molecule is C=C[C@@H]1C[C@]1(NC(=O)[C@@H]1C[C@@H](Oc2ncc(OC)c3ccc(Cl)cc23)CN1C(=O)C(N(C(=O)O)C(C)(C)C)C(C)(C)C)C(=O)NS(=O)(=O)C1CC1. The van der Waals surface area contributed by atoms with Gasteiger partial charge in [-0.05, 0) is 63.6 Å². The Morgan fingerprint density at radius 1 is 1.16 bits per heavy atom. The minimum Gasteiger partial charge on any atom is -0.494 e. The Morgan fingerprint density at radius 2 is 1.82 bits per heavy atom. The standard InChI is InChI=1S/C35H46ClN5O9S/c1-9-19-16-35(19,31(44)39-51(47,48)22-11-12-22)38-28(42)25-15-21(50-29-24-14-20(36)10-13-23(24)26(49-8)17-37-29)18-40(25)30(43)27(33(2,3)4)41(32(45)46)34(5,6)7/h9-10,13-14,17,19,21-22,25,27H,1,11-12,15-16,18H2,2-8H3,(H,38,42)(H,39,44)(H,45,46)/t19-,21-,25+,27?,35-/m1/s1. The Bertz CT molecular complexity index is 1870. The van der Waals surface area contributed by atoms with Gasteiger partial charge in [-0.2, -0.15) is 0 Å². The molecule has 1 aliphatic heterocycles. The number of halogens is 1. The summed E-state index contributed by atoms with van der Waals surface area (Å²) in [6.07, 6.45) is 1.77. The molecule has 3 fully saturated rings. The molecule has 1 aromatic carbocycles. The third kappa shape index (κ3) is 7.59. The van der Waals surface area contributed by atoms with E-state index in [0.717, 1.165) is 4.90 Å². The first-order valence-electron chi connectivity index (χ1n) is 16.8. The van der Waals surface area contributed by atoms with Crippen molar-refractivity contribution in [3.05, 3.63) is 42.1 Å². The van der Waals surface area contributed by atoms with Gasteiger partial charge in [-0.3, -0.25) is 24.0 Å². The van der Waals surface area contributed by atoms with Gasteiger partial charge in [0.25, 0.3) is 5.91 Å². The number of likely N-dealkylation sites (tertiary alicyclic amines) is 1. The van der Waals surface area contributed by atoms with Crippen LogP contribution in [0.2, 0.25) is 5.02 Å². The second kappa shape index (κ2) is 13.5. The van der Waals surface area contributed by atoms with Crippen LogP contribution in [0, 0.1) is 11.3 Å². The maximum Gasteiger partial charge on any atom is 0.408 e. The van der Waals surface area contributed by atoms with Gasteiger partial charge in [0, 0.05) is 33.7 Å². The number of fused-ring (bicyclic) bond motifs is 1. The van der Waals surface area contributed by atoms with Crippen LogP contribution in [-0.2, 0) is 24.4 Å². The van der Waals surface area contributed by atoms with Crippen molar-refractivity contribution in [2.24, 2.45) is 11.3 Å². The quantitative estimate of drug-likeness (QED) is 0.283. The van der Waals surface area contributed by atoms with Gasteiger partial charge in [-0.1, -0.05) is 38.4 Å². The number of ether oxygens (including phenoxy) is 2.